The highest BCUT2D eigenvalue weighted by molar-refractivity contribution is 5.79. The lowest BCUT2D eigenvalue weighted by atomic mass is 10.3. The highest BCUT2D eigenvalue weighted by Gasteiger charge is 2.21. The van der Waals surface area contributed by atoms with Gasteiger partial charge in [0, 0.05) is 33.3 Å². The zero-order valence-corrected chi connectivity index (χ0v) is 12.5. The molecule has 0 heterocycles. The normalized spacial score (nSPS) is 19.6. The van der Waals surface area contributed by atoms with Crippen LogP contribution in [0.5, 0.6) is 0 Å². The Morgan fingerprint density at radius 1 is 1.26 bits per heavy atom. The third-order valence-electron chi connectivity index (χ3n) is 3.81. The molecule has 110 valence electrons. The molecule has 0 bridgehead atoms. The first-order valence-corrected chi connectivity index (χ1v) is 7.86. The van der Waals surface area contributed by atoms with Crippen LogP contribution in [0, 0.1) is 11.8 Å². The number of hydrogen-bond donors (Lipinski definition) is 1. The maximum absolute atomic E-state index is 5.68. The van der Waals surface area contributed by atoms with E-state index in [9.17, 15) is 0 Å². The molecule has 0 saturated heterocycles. The van der Waals surface area contributed by atoms with Gasteiger partial charge in [-0.15, -0.1) is 0 Å². The summed E-state index contributed by atoms with van der Waals surface area (Å²) in [5.41, 5.74) is 0. The molecular weight excluding hydrogens is 238 g/mol. The van der Waals surface area contributed by atoms with Crippen LogP contribution in [0.1, 0.15) is 39.0 Å². The molecule has 2 aliphatic carbocycles. The van der Waals surface area contributed by atoms with Crippen molar-refractivity contribution in [2.24, 2.45) is 16.8 Å². The molecule has 2 saturated carbocycles. The van der Waals surface area contributed by atoms with Gasteiger partial charge in [-0.25, -0.2) is 0 Å². The Balaban J connectivity index is 1.62. The molecule has 2 aliphatic rings. The van der Waals surface area contributed by atoms with Gasteiger partial charge in [-0.1, -0.05) is 12.8 Å². The van der Waals surface area contributed by atoms with Gasteiger partial charge in [0.2, 0.25) is 0 Å². The predicted octanol–water partition coefficient (Wildman–Crippen LogP) is 2.11. The van der Waals surface area contributed by atoms with Gasteiger partial charge in [-0.2, -0.15) is 0 Å². The summed E-state index contributed by atoms with van der Waals surface area (Å²) in [5, 5.41) is 3.36. The quantitative estimate of drug-likeness (QED) is 0.395. The van der Waals surface area contributed by atoms with E-state index in [1.54, 1.807) is 0 Å². The first kappa shape index (κ1) is 14.6. The second kappa shape index (κ2) is 7.73. The molecule has 0 aromatic rings. The maximum atomic E-state index is 5.68. The topological polar surface area (TPSA) is 36.9 Å². The van der Waals surface area contributed by atoms with Crippen molar-refractivity contribution < 1.29 is 4.74 Å². The molecular formula is C15H29N3O. The van der Waals surface area contributed by atoms with Crippen molar-refractivity contribution in [1.82, 2.24) is 10.2 Å². The minimum atomic E-state index is 0.806. The van der Waals surface area contributed by atoms with Gasteiger partial charge in [0.25, 0.3) is 0 Å². The smallest absolute Gasteiger partial charge is 0.193 e. The van der Waals surface area contributed by atoms with E-state index in [4.69, 9.17) is 9.73 Å². The molecule has 0 unspecified atom stereocenters. The molecule has 0 atom stereocenters. The van der Waals surface area contributed by atoms with Crippen molar-refractivity contribution in [2.45, 2.75) is 39.0 Å². The lowest BCUT2D eigenvalue weighted by Gasteiger charge is -2.22. The fraction of sp³-hybridized carbons (Fsp3) is 0.933. The molecule has 0 aliphatic heterocycles. The second-order valence-corrected chi connectivity index (χ2v) is 5.91. The van der Waals surface area contributed by atoms with Gasteiger partial charge in [0.15, 0.2) is 5.96 Å². The van der Waals surface area contributed by atoms with Crippen LogP contribution in [-0.4, -0.2) is 50.8 Å². The SMILES string of the molecule is CCNC(=NCCC1CC1)N(C)CCOCC1CC1. The fourth-order valence-corrected chi connectivity index (χ4v) is 2.07. The van der Waals surface area contributed by atoms with E-state index in [0.717, 1.165) is 50.6 Å². The molecule has 0 aromatic heterocycles. The molecule has 4 nitrogen and oxygen atoms in total. The van der Waals surface area contributed by atoms with E-state index in [0.29, 0.717) is 0 Å². The van der Waals surface area contributed by atoms with Crippen LogP contribution in [0.4, 0.5) is 0 Å². The van der Waals surface area contributed by atoms with E-state index in [-0.39, 0.29) is 0 Å². The zero-order valence-electron chi connectivity index (χ0n) is 12.5. The summed E-state index contributed by atoms with van der Waals surface area (Å²) in [6.45, 7) is 6.68. The maximum Gasteiger partial charge on any atom is 0.193 e. The Hall–Kier alpha value is -0.770. The third-order valence-corrected chi connectivity index (χ3v) is 3.81. The highest BCUT2D eigenvalue weighted by atomic mass is 16.5. The molecule has 1 N–H and O–H groups in total. The average Bonchev–Trinajstić information content (AvgIpc) is 3.26. The Morgan fingerprint density at radius 3 is 2.63 bits per heavy atom. The van der Waals surface area contributed by atoms with E-state index in [2.05, 4.69) is 24.2 Å². The molecule has 19 heavy (non-hydrogen) atoms. The van der Waals surface area contributed by atoms with Crippen molar-refractivity contribution in [3.05, 3.63) is 0 Å². The van der Waals surface area contributed by atoms with Crippen LogP contribution in [-0.2, 0) is 4.74 Å². The summed E-state index contributed by atoms with van der Waals surface area (Å²) in [7, 11) is 2.10. The van der Waals surface area contributed by atoms with Crippen molar-refractivity contribution in [1.29, 1.82) is 0 Å². The summed E-state index contributed by atoms with van der Waals surface area (Å²) in [6.07, 6.45) is 6.80. The number of hydrogen-bond acceptors (Lipinski definition) is 2. The van der Waals surface area contributed by atoms with Crippen LogP contribution in [0.25, 0.3) is 0 Å². The first-order valence-electron chi connectivity index (χ1n) is 7.86. The molecule has 0 spiro atoms. The number of rotatable bonds is 9. The average molecular weight is 267 g/mol. The van der Waals surface area contributed by atoms with Crippen molar-refractivity contribution in [2.75, 3.05) is 39.9 Å². The first-order chi connectivity index (χ1) is 9.29. The van der Waals surface area contributed by atoms with Gasteiger partial charge in [-0.05, 0) is 38.0 Å². The van der Waals surface area contributed by atoms with E-state index >= 15 is 0 Å². The Kier molecular flexibility index (Phi) is 5.95. The van der Waals surface area contributed by atoms with Gasteiger partial charge >= 0.3 is 0 Å². The molecule has 2 fully saturated rings. The van der Waals surface area contributed by atoms with Gasteiger partial charge in [0.1, 0.15) is 0 Å². The standard InChI is InChI=1S/C15H29N3O/c1-3-16-15(17-9-8-13-4-5-13)18(2)10-11-19-12-14-6-7-14/h13-14H,3-12H2,1-2H3,(H,16,17). The molecule has 0 radical (unpaired) electrons. The summed E-state index contributed by atoms with van der Waals surface area (Å²) in [4.78, 5) is 6.88. The number of nitrogens with zero attached hydrogens (tertiary/aromatic N) is 2. The van der Waals surface area contributed by atoms with E-state index in [1.807, 2.05) is 0 Å². The Morgan fingerprint density at radius 2 is 2.00 bits per heavy atom. The molecule has 2 rings (SSSR count). The minimum absolute atomic E-state index is 0.806. The number of likely N-dealkylation sites (N-methyl/N-ethyl adjacent to an activating group) is 1. The molecule has 4 heteroatoms. The largest absolute Gasteiger partial charge is 0.379 e. The van der Waals surface area contributed by atoms with Crippen LogP contribution in [0.15, 0.2) is 4.99 Å². The fourth-order valence-electron chi connectivity index (χ4n) is 2.07. The van der Waals surface area contributed by atoms with Crippen molar-refractivity contribution in [3.63, 3.8) is 0 Å². The molecule has 0 amide bonds. The van der Waals surface area contributed by atoms with Crippen LogP contribution in [0.3, 0.4) is 0 Å². The lowest BCUT2D eigenvalue weighted by molar-refractivity contribution is 0.115. The van der Waals surface area contributed by atoms with Crippen molar-refractivity contribution >= 4 is 5.96 Å². The van der Waals surface area contributed by atoms with Gasteiger partial charge < -0.3 is 15.0 Å². The number of nitrogens with one attached hydrogen (secondary N) is 1. The number of aliphatic imine (C=N–C) groups is 1. The van der Waals surface area contributed by atoms with Crippen LogP contribution >= 0.6 is 0 Å². The minimum Gasteiger partial charge on any atom is -0.379 e. The second-order valence-electron chi connectivity index (χ2n) is 5.91. The summed E-state index contributed by atoms with van der Waals surface area (Å²) < 4.78 is 5.68. The third kappa shape index (κ3) is 6.28. The highest BCUT2D eigenvalue weighted by Crippen LogP contribution is 2.32. The van der Waals surface area contributed by atoms with Crippen LogP contribution in [0.2, 0.25) is 0 Å². The summed E-state index contributed by atoms with van der Waals surface area (Å²) in [6, 6.07) is 0. The Bertz CT molecular complexity index is 285. The van der Waals surface area contributed by atoms with Gasteiger partial charge in [-0.3, -0.25) is 4.99 Å². The van der Waals surface area contributed by atoms with Crippen molar-refractivity contribution in [3.8, 4) is 0 Å². The lowest BCUT2D eigenvalue weighted by Crippen LogP contribution is -2.40. The van der Waals surface area contributed by atoms with E-state index in [1.165, 1.54) is 32.1 Å². The predicted molar refractivity (Wildman–Crippen MR) is 79.5 cm³/mol. The monoisotopic (exact) mass is 267 g/mol. The summed E-state index contributed by atoms with van der Waals surface area (Å²) >= 11 is 0. The number of ether oxygens (including phenoxy) is 1. The summed E-state index contributed by atoms with van der Waals surface area (Å²) in [5.74, 6) is 2.84. The van der Waals surface area contributed by atoms with E-state index < -0.39 is 0 Å². The molecule has 0 aromatic carbocycles. The van der Waals surface area contributed by atoms with Gasteiger partial charge in [0.05, 0.1) is 6.61 Å². The van der Waals surface area contributed by atoms with Crippen LogP contribution < -0.4 is 5.32 Å². The number of guanidine groups is 1. The Labute approximate surface area is 117 Å². The zero-order chi connectivity index (χ0) is 13.5.